The Morgan fingerprint density at radius 1 is 1.30 bits per heavy atom. The van der Waals surface area contributed by atoms with Gasteiger partial charge in [-0.3, -0.25) is 14.5 Å². The van der Waals surface area contributed by atoms with Crippen LogP contribution < -0.4 is 0 Å². The van der Waals surface area contributed by atoms with Crippen molar-refractivity contribution >= 4 is 11.9 Å². The average molecular weight is 286 g/mol. The first-order valence-corrected chi connectivity index (χ1v) is 6.93. The van der Waals surface area contributed by atoms with E-state index in [1.54, 1.807) is 9.80 Å². The van der Waals surface area contributed by atoms with Gasteiger partial charge in [-0.15, -0.1) is 0 Å². The molecule has 2 heterocycles. The third kappa shape index (κ3) is 2.94. The van der Waals surface area contributed by atoms with Crippen LogP contribution in [0.3, 0.4) is 0 Å². The van der Waals surface area contributed by atoms with Crippen molar-refractivity contribution in [3.8, 4) is 0 Å². The number of carboxylic acid groups (broad SMARTS) is 1. The van der Waals surface area contributed by atoms with Crippen LogP contribution in [0.4, 0.5) is 0 Å². The highest BCUT2D eigenvalue weighted by molar-refractivity contribution is 5.83. The summed E-state index contributed by atoms with van der Waals surface area (Å²) in [5, 5.41) is 9.52. The molecular weight excluding hydrogens is 264 g/mol. The van der Waals surface area contributed by atoms with Crippen molar-refractivity contribution in [2.45, 2.75) is 18.4 Å². The molecule has 7 nitrogen and oxygen atoms in total. The van der Waals surface area contributed by atoms with E-state index >= 15 is 0 Å². The van der Waals surface area contributed by atoms with Crippen molar-refractivity contribution in [1.29, 1.82) is 0 Å². The summed E-state index contributed by atoms with van der Waals surface area (Å²) in [5.41, 5.74) is -1.06. The SMILES string of the molecule is COCC1(C(=O)O)CCCN1CC(=O)N1CCOCC1. The van der Waals surface area contributed by atoms with E-state index in [4.69, 9.17) is 9.47 Å². The molecule has 2 aliphatic heterocycles. The summed E-state index contributed by atoms with van der Waals surface area (Å²) in [4.78, 5) is 27.4. The molecule has 2 fully saturated rings. The van der Waals surface area contributed by atoms with Gasteiger partial charge in [0.2, 0.25) is 5.91 Å². The number of ether oxygens (including phenoxy) is 2. The first-order valence-electron chi connectivity index (χ1n) is 6.93. The van der Waals surface area contributed by atoms with E-state index < -0.39 is 11.5 Å². The molecule has 0 radical (unpaired) electrons. The zero-order valence-corrected chi connectivity index (χ0v) is 11.8. The number of carbonyl (C=O) groups is 2. The van der Waals surface area contributed by atoms with Gasteiger partial charge in [-0.25, -0.2) is 0 Å². The number of carbonyl (C=O) groups excluding carboxylic acids is 1. The van der Waals surface area contributed by atoms with Gasteiger partial charge in [0.25, 0.3) is 0 Å². The number of morpholine rings is 1. The van der Waals surface area contributed by atoms with Crippen LogP contribution in [0.2, 0.25) is 0 Å². The molecule has 1 amide bonds. The second kappa shape index (κ2) is 6.51. The minimum absolute atomic E-state index is 0.0306. The lowest BCUT2D eigenvalue weighted by atomic mass is 9.97. The van der Waals surface area contributed by atoms with Crippen LogP contribution in [0.1, 0.15) is 12.8 Å². The second-order valence-electron chi connectivity index (χ2n) is 5.29. The van der Waals surface area contributed by atoms with E-state index in [9.17, 15) is 14.7 Å². The number of hydrogen-bond acceptors (Lipinski definition) is 5. The summed E-state index contributed by atoms with van der Waals surface area (Å²) in [7, 11) is 1.49. The molecule has 0 aliphatic carbocycles. The standard InChI is InChI=1S/C13H22N2O5/c1-19-10-13(12(17)18)3-2-4-15(13)9-11(16)14-5-7-20-8-6-14/h2-10H2,1H3,(H,17,18). The average Bonchev–Trinajstić information content (AvgIpc) is 2.84. The largest absolute Gasteiger partial charge is 0.480 e. The Morgan fingerprint density at radius 2 is 2.00 bits per heavy atom. The van der Waals surface area contributed by atoms with E-state index in [1.807, 2.05) is 0 Å². The van der Waals surface area contributed by atoms with Crippen LogP contribution in [0, 0.1) is 0 Å². The number of methoxy groups -OCH3 is 1. The highest BCUT2D eigenvalue weighted by Gasteiger charge is 2.48. The van der Waals surface area contributed by atoms with Crippen molar-refractivity contribution in [1.82, 2.24) is 9.80 Å². The molecule has 0 aromatic carbocycles. The van der Waals surface area contributed by atoms with Gasteiger partial charge < -0.3 is 19.5 Å². The summed E-state index contributed by atoms with van der Waals surface area (Å²) >= 11 is 0. The zero-order chi connectivity index (χ0) is 14.6. The fourth-order valence-corrected chi connectivity index (χ4v) is 2.95. The molecule has 1 unspecified atom stereocenters. The summed E-state index contributed by atoms with van der Waals surface area (Å²) in [6, 6.07) is 0. The lowest BCUT2D eigenvalue weighted by molar-refractivity contribution is -0.155. The number of rotatable bonds is 5. The summed E-state index contributed by atoms with van der Waals surface area (Å²) < 4.78 is 10.3. The Labute approximate surface area is 118 Å². The van der Waals surface area contributed by atoms with Crippen molar-refractivity contribution in [3.05, 3.63) is 0 Å². The number of aliphatic carboxylic acids is 1. The highest BCUT2D eigenvalue weighted by atomic mass is 16.5. The molecule has 7 heteroatoms. The molecule has 2 saturated heterocycles. The number of hydrogen-bond donors (Lipinski definition) is 1. The van der Waals surface area contributed by atoms with Crippen LogP contribution >= 0.6 is 0 Å². The Balaban J connectivity index is 2.02. The third-order valence-corrected chi connectivity index (χ3v) is 4.09. The quantitative estimate of drug-likeness (QED) is 0.728. The molecule has 2 aliphatic rings. The Kier molecular flexibility index (Phi) is 4.95. The minimum atomic E-state index is -1.06. The summed E-state index contributed by atoms with van der Waals surface area (Å²) in [6.07, 6.45) is 1.29. The molecule has 114 valence electrons. The summed E-state index contributed by atoms with van der Waals surface area (Å²) in [5.74, 6) is -0.941. The van der Waals surface area contributed by atoms with Gasteiger partial charge >= 0.3 is 5.97 Å². The van der Waals surface area contributed by atoms with Gasteiger partial charge in [0.15, 0.2) is 0 Å². The Morgan fingerprint density at radius 3 is 2.60 bits per heavy atom. The predicted molar refractivity (Wildman–Crippen MR) is 70.4 cm³/mol. The molecule has 2 rings (SSSR count). The number of amides is 1. The van der Waals surface area contributed by atoms with Gasteiger partial charge in [-0.05, 0) is 19.4 Å². The van der Waals surface area contributed by atoms with Crippen molar-refractivity contribution in [2.24, 2.45) is 0 Å². The van der Waals surface area contributed by atoms with Gasteiger partial charge in [0.05, 0.1) is 26.4 Å². The van der Waals surface area contributed by atoms with E-state index in [0.717, 1.165) is 6.42 Å². The normalized spacial score (nSPS) is 27.8. The maximum absolute atomic E-state index is 12.3. The highest BCUT2D eigenvalue weighted by Crippen LogP contribution is 2.30. The van der Waals surface area contributed by atoms with E-state index in [-0.39, 0.29) is 19.1 Å². The first-order chi connectivity index (χ1) is 9.60. The maximum Gasteiger partial charge on any atom is 0.326 e. The number of carboxylic acids is 1. The van der Waals surface area contributed by atoms with Crippen LogP contribution in [-0.2, 0) is 19.1 Å². The van der Waals surface area contributed by atoms with E-state index in [2.05, 4.69) is 0 Å². The second-order valence-corrected chi connectivity index (χ2v) is 5.29. The molecule has 1 atom stereocenters. The van der Waals surface area contributed by atoms with Crippen LogP contribution in [-0.4, -0.2) is 85.4 Å². The molecule has 1 N–H and O–H groups in total. The van der Waals surface area contributed by atoms with Gasteiger partial charge in [0.1, 0.15) is 5.54 Å². The third-order valence-electron chi connectivity index (χ3n) is 4.09. The summed E-state index contributed by atoms with van der Waals surface area (Å²) in [6.45, 7) is 3.12. The zero-order valence-electron chi connectivity index (χ0n) is 11.8. The predicted octanol–water partition coefficient (Wildman–Crippen LogP) is -0.589. The number of nitrogens with zero attached hydrogens (tertiary/aromatic N) is 2. The maximum atomic E-state index is 12.3. The monoisotopic (exact) mass is 286 g/mol. The lowest BCUT2D eigenvalue weighted by Crippen LogP contribution is -2.57. The molecule has 0 spiro atoms. The topological polar surface area (TPSA) is 79.3 Å². The van der Waals surface area contributed by atoms with E-state index in [1.165, 1.54) is 7.11 Å². The lowest BCUT2D eigenvalue weighted by Gasteiger charge is -2.35. The molecule has 0 aromatic rings. The van der Waals surface area contributed by atoms with Gasteiger partial charge in [0, 0.05) is 20.2 Å². The first kappa shape index (κ1) is 15.2. The molecule has 0 saturated carbocycles. The van der Waals surface area contributed by atoms with Crippen LogP contribution in [0.5, 0.6) is 0 Å². The smallest absolute Gasteiger partial charge is 0.326 e. The molecule has 0 aromatic heterocycles. The molecule has 0 bridgehead atoms. The van der Waals surface area contributed by atoms with E-state index in [0.29, 0.717) is 39.3 Å². The Bertz CT molecular complexity index is 370. The molecule has 20 heavy (non-hydrogen) atoms. The van der Waals surface area contributed by atoms with Crippen molar-refractivity contribution < 1.29 is 24.2 Å². The fourth-order valence-electron chi connectivity index (χ4n) is 2.95. The van der Waals surface area contributed by atoms with Crippen molar-refractivity contribution in [3.63, 3.8) is 0 Å². The molecular formula is C13H22N2O5. The fraction of sp³-hybridized carbons (Fsp3) is 0.846. The number of likely N-dealkylation sites (tertiary alicyclic amines) is 1. The van der Waals surface area contributed by atoms with Gasteiger partial charge in [-0.2, -0.15) is 0 Å². The minimum Gasteiger partial charge on any atom is -0.480 e. The van der Waals surface area contributed by atoms with Gasteiger partial charge in [-0.1, -0.05) is 0 Å². The van der Waals surface area contributed by atoms with Crippen LogP contribution in [0.25, 0.3) is 0 Å². The Hall–Kier alpha value is -1.18. The van der Waals surface area contributed by atoms with Crippen molar-refractivity contribution in [2.75, 3.05) is 53.1 Å². The van der Waals surface area contributed by atoms with Crippen LogP contribution in [0.15, 0.2) is 0 Å².